The molecule has 0 amide bonds. The van der Waals surface area contributed by atoms with E-state index in [0.717, 1.165) is 6.07 Å². The summed E-state index contributed by atoms with van der Waals surface area (Å²) in [6, 6.07) is 3.71. The first-order valence-corrected chi connectivity index (χ1v) is 4.96. The van der Waals surface area contributed by atoms with Crippen LogP contribution in [0.5, 0.6) is 5.75 Å². The van der Waals surface area contributed by atoms with Crippen molar-refractivity contribution >= 4 is 12.4 Å². The Bertz CT molecular complexity index is 358. The maximum atomic E-state index is 12.5. The first-order chi connectivity index (χ1) is 7.45. The standard InChI is InChI=1S/C10H13BF3O2.K/c1-3-15-7-16-9-4-5-10(8(2)6-9)11(12,13)14;/h4-6H,3,7H2,1-2H3;/q-1;+1. The minimum absolute atomic E-state index is 0. The van der Waals surface area contributed by atoms with Gasteiger partial charge in [-0.3, -0.25) is 0 Å². The van der Waals surface area contributed by atoms with Crippen molar-refractivity contribution in [1.82, 2.24) is 0 Å². The molecule has 0 aromatic heterocycles. The molecule has 90 valence electrons. The fraction of sp³-hybridized carbons (Fsp3) is 0.400. The van der Waals surface area contributed by atoms with E-state index in [-0.39, 0.29) is 63.7 Å². The monoisotopic (exact) mass is 272 g/mol. The van der Waals surface area contributed by atoms with E-state index in [1.54, 1.807) is 0 Å². The zero-order valence-electron chi connectivity index (χ0n) is 10.2. The largest absolute Gasteiger partial charge is 1.00 e. The number of hydrogen-bond donors (Lipinski definition) is 0. The van der Waals surface area contributed by atoms with Gasteiger partial charge in [0.05, 0.1) is 0 Å². The van der Waals surface area contributed by atoms with Crippen LogP contribution in [0, 0.1) is 6.92 Å². The molecular weight excluding hydrogens is 259 g/mol. The van der Waals surface area contributed by atoms with E-state index in [4.69, 9.17) is 9.47 Å². The molecule has 1 aromatic rings. The Kier molecular flexibility index (Phi) is 8.02. The second-order valence-electron chi connectivity index (χ2n) is 3.35. The average Bonchev–Trinajstić information content (AvgIpc) is 2.16. The molecule has 1 rings (SSSR count). The van der Waals surface area contributed by atoms with Gasteiger partial charge in [0.15, 0.2) is 6.79 Å². The summed E-state index contributed by atoms with van der Waals surface area (Å²) < 4.78 is 47.5. The predicted molar refractivity (Wildman–Crippen MR) is 57.0 cm³/mol. The average molecular weight is 272 g/mol. The van der Waals surface area contributed by atoms with Gasteiger partial charge < -0.3 is 22.4 Å². The smallest absolute Gasteiger partial charge is 0.468 e. The topological polar surface area (TPSA) is 18.5 Å². The zero-order chi connectivity index (χ0) is 12.2. The number of benzene rings is 1. The Morgan fingerprint density at radius 1 is 1.24 bits per heavy atom. The summed E-state index contributed by atoms with van der Waals surface area (Å²) in [4.78, 5) is 0. The third kappa shape index (κ3) is 5.76. The van der Waals surface area contributed by atoms with Crippen LogP contribution in [0.4, 0.5) is 12.9 Å². The number of rotatable bonds is 5. The Morgan fingerprint density at radius 2 is 1.88 bits per heavy atom. The van der Waals surface area contributed by atoms with E-state index < -0.39 is 12.4 Å². The summed E-state index contributed by atoms with van der Waals surface area (Å²) in [5, 5.41) is 0. The van der Waals surface area contributed by atoms with Gasteiger partial charge in [0.2, 0.25) is 0 Å². The van der Waals surface area contributed by atoms with Crippen LogP contribution in [-0.4, -0.2) is 20.4 Å². The number of ether oxygens (including phenoxy) is 2. The zero-order valence-corrected chi connectivity index (χ0v) is 13.3. The van der Waals surface area contributed by atoms with Gasteiger partial charge in [-0.2, -0.15) is 0 Å². The molecule has 0 aliphatic rings. The van der Waals surface area contributed by atoms with Crippen molar-refractivity contribution in [2.75, 3.05) is 13.4 Å². The summed E-state index contributed by atoms with van der Waals surface area (Å²) in [7, 11) is 0. The maximum Gasteiger partial charge on any atom is 1.00 e. The van der Waals surface area contributed by atoms with Gasteiger partial charge in [-0.25, -0.2) is 0 Å². The van der Waals surface area contributed by atoms with Crippen molar-refractivity contribution in [2.24, 2.45) is 0 Å². The third-order valence-electron chi connectivity index (χ3n) is 2.11. The molecule has 0 aliphatic heterocycles. The Labute approximate surface area is 141 Å². The van der Waals surface area contributed by atoms with Gasteiger partial charge >= 0.3 is 58.4 Å². The van der Waals surface area contributed by atoms with Gasteiger partial charge in [-0.15, -0.1) is 5.46 Å². The summed E-state index contributed by atoms with van der Waals surface area (Å²) in [5.41, 5.74) is -0.412. The number of hydrogen-bond acceptors (Lipinski definition) is 2. The number of halogens is 3. The molecule has 0 aliphatic carbocycles. The third-order valence-corrected chi connectivity index (χ3v) is 2.11. The normalized spacial score (nSPS) is 10.9. The van der Waals surface area contributed by atoms with Gasteiger partial charge in [0.25, 0.3) is 0 Å². The van der Waals surface area contributed by atoms with Crippen molar-refractivity contribution in [3.05, 3.63) is 23.8 Å². The fourth-order valence-corrected chi connectivity index (χ4v) is 1.30. The van der Waals surface area contributed by atoms with Crippen LogP contribution in [0.25, 0.3) is 0 Å². The molecule has 1 aromatic carbocycles. The minimum Gasteiger partial charge on any atom is -0.468 e. The molecule has 0 radical (unpaired) electrons. The van der Waals surface area contributed by atoms with Crippen molar-refractivity contribution in [1.29, 1.82) is 0 Å². The van der Waals surface area contributed by atoms with Crippen molar-refractivity contribution < 1.29 is 73.8 Å². The molecule has 0 fully saturated rings. The van der Waals surface area contributed by atoms with Crippen LogP contribution in [0.3, 0.4) is 0 Å². The molecule has 0 saturated carbocycles. The van der Waals surface area contributed by atoms with Crippen LogP contribution in [0.2, 0.25) is 0 Å². The molecule has 0 spiro atoms. The summed E-state index contributed by atoms with van der Waals surface area (Å²) in [5.74, 6) is 0.384. The molecule has 7 heteroatoms. The van der Waals surface area contributed by atoms with Crippen LogP contribution in [0.1, 0.15) is 12.5 Å². The SMILES string of the molecule is CCOCOc1ccc([B-](F)(F)F)c(C)c1.[K+]. The van der Waals surface area contributed by atoms with E-state index in [1.165, 1.54) is 19.1 Å². The van der Waals surface area contributed by atoms with E-state index in [2.05, 4.69) is 0 Å². The number of aryl methyl sites for hydroxylation is 1. The van der Waals surface area contributed by atoms with Crippen LogP contribution in [0.15, 0.2) is 18.2 Å². The Balaban J connectivity index is 0.00000256. The quantitative estimate of drug-likeness (QED) is 0.406. The fourth-order valence-electron chi connectivity index (χ4n) is 1.30. The summed E-state index contributed by atoms with van der Waals surface area (Å²) in [6.45, 7) is -1.18. The van der Waals surface area contributed by atoms with E-state index in [9.17, 15) is 12.9 Å². The second kappa shape index (κ2) is 7.81. The van der Waals surface area contributed by atoms with Crippen molar-refractivity contribution in [3.63, 3.8) is 0 Å². The molecule has 0 heterocycles. The van der Waals surface area contributed by atoms with Gasteiger partial charge in [-0.05, 0) is 26.0 Å². The molecule has 0 N–H and O–H groups in total. The van der Waals surface area contributed by atoms with Gasteiger partial charge in [0.1, 0.15) is 5.75 Å². The molecule has 17 heavy (non-hydrogen) atoms. The molecule has 0 bridgehead atoms. The van der Waals surface area contributed by atoms with E-state index >= 15 is 0 Å². The van der Waals surface area contributed by atoms with Gasteiger partial charge in [-0.1, -0.05) is 11.6 Å². The molecule has 2 nitrogen and oxygen atoms in total. The maximum absolute atomic E-state index is 12.5. The first-order valence-electron chi connectivity index (χ1n) is 4.96. The first kappa shape index (κ1) is 17.5. The molecular formula is C10H13BF3KO2. The van der Waals surface area contributed by atoms with Crippen molar-refractivity contribution in [3.8, 4) is 5.75 Å². The van der Waals surface area contributed by atoms with E-state index in [0.29, 0.717) is 12.4 Å². The molecule has 0 saturated heterocycles. The molecule has 0 atom stereocenters. The van der Waals surface area contributed by atoms with Crippen molar-refractivity contribution in [2.45, 2.75) is 13.8 Å². The van der Waals surface area contributed by atoms with E-state index in [1.807, 2.05) is 6.92 Å². The summed E-state index contributed by atoms with van der Waals surface area (Å²) in [6.07, 6.45) is 0. The minimum atomic E-state index is -4.95. The van der Waals surface area contributed by atoms with Crippen LogP contribution < -0.4 is 61.6 Å². The molecule has 0 unspecified atom stereocenters. The summed E-state index contributed by atoms with van der Waals surface area (Å²) >= 11 is 0. The Morgan fingerprint density at radius 3 is 2.35 bits per heavy atom. The second-order valence-corrected chi connectivity index (χ2v) is 3.35. The van der Waals surface area contributed by atoms with Crippen LogP contribution >= 0.6 is 0 Å². The Hall–Kier alpha value is 0.471. The predicted octanol–water partition coefficient (Wildman–Crippen LogP) is -0.574. The van der Waals surface area contributed by atoms with Crippen LogP contribution in [-0.2, 0) is 4.74 Å². The van der Waals surface area contributed by atoms with Gasteiger partial charge in [0, 0.05) is 6.61 Å².